The molecule has 0 bridgehead atoms. The zero-order valence-corrected chi connectivity index (χ0v) is 8.38. The predicted molar refractivity (Wildman–Crippen MR) is 60.9 cm³/mol. The van der Waals surface area contributed by atoms with E-state index in [1.807, 2.05) is 24.3 Å². The monoisotopic (exact) mass is 211 g/mol. The fourth-order valence-electron chi connectivity index (χ4n) is 1.30. The molecule has 2 rings (SSSR count). The van der Waals surface area contributed by atoms with E-state index in [9.17, 15) is 0 Å². The third kappa shape index (κ3) is 2.25. The van der Waals surface area contributed by atoms with Gasteiger partial charge in [0.1, 0.15) is 6.34 Å². The maximum atomic E-state index is 8.28. The Balaban J connectivity index is 2.24. The standard InChI is InChI=1S/C11H9N5/c12-6-14-8-15-10-3-1-2-9(4-10)11-5-13-7-16-11/h1-5,7-8H,(H,13,16)(H,14,15). The summed E-state index contributed by atoms with van der Waals surface area (Å²) in [7, 11) is 0. The van der Waals surface area contributed by atoms with Crippen molar-refractivity contribution in [2.24, 2.45) is 4.99 Å². The van der Waals surface area contributed by atoms with Crippen molar-refractivity contribution in [1.82, 2.24) is 15.3 Å². The minimum atomic E-state index is 0.773. The highest BCUT2D eigenvalue weighted by atomic mass is 14.9. The van der Waals surface area contributed by atoms with Crippen molar-refractivity contribution in [3.63, 3.8) is 0 Å². The van der Waals surface area contributed by atoms with Crippen LogP contribution in [0.5, 0.6) is 0 Å². The van der Waals surface area contributed by atoms with Gasteiger partial charge in [0.05, 0.1) is 23.9 Å². The number of H-pyrrole nitrogens is 1. The molecule has 0 unspecified atom stereocenters. The maximum absolute atomic E-state index is 8.28. The van der Waals surface area contributed by atoms with Crippen LogP contribution in [0.3, 0.4) is 0 Å². The molecule has 0 amide bonds. The van der Waals surface area contributed by atoms with Crippen molar-refractivity contribution < 1.29 is 0 Å². The summed E-state index contributed by atoms with van der Waals surface area (Å²) in [5.74, 6) is 0. The molecule has 5 heteroatoms. The molecule has 0 saturated carbocycles. The first-order chi connectivity index (χ1) is 7.90. The summed E-state index contributed by atoms with van der Waals surface area (Å²) in [6, 6.07) is 7.62. The van der Waals surface area contributed by atoms with E-state index in [0.29, 0.717) is 0 Å². The number of hydrogen-bond donors (Lipinski definition) is 2. The van der Waals surface area contributed by atoms with Gasteiger partial charge in [-0.3, -0.25) is 5.32 Å². The molecule has 0 atom stereocenters. The molecule has 2 aromatic rings. The zero-order valence-electron chi connectivity index (χ0n) is 8.38. The van der Waals surface area contributed by atoms with Crippen LogP contribution in [-0.4, -0.2) is 16.3 Å². The van der Waals surface area contributed by atoms with Gasteiger partial charge in [0.2, 0.25) is 0 Å². The molecule has 0 aliphatic heterocycles. The second-order valence-corrected chi connectivity index (χ2v) is 3.03. The Bertz CT molecular complexity index is 522. The van der Waals surface area contributed by atoms with E-state index >= 15 is 0 Å². The number of aliphatic imine (C=N–C) groups is 1. The average Bonchev–Trinajstić information content (AvgIpc) is 2.83. The molecule has 1 aromatic heterocycles. The first kappa shape index (κ1) is 9.93. The van der Waals surface area contributed by atoms with Crippen LogP contribution in [0.4, 0.5) is 5.69 Å². The molecule has 5 nitrogen and oxygen atoms in total. The molecule has 0 aliphatic carbocycles. The second-order valence-electron chi connectivity index (χ2n) is 3.03. The number of nitrogens with zero attached hydrogens (tertiary/aromatic N) is 3. The van der Waals surface area contributed by atoms with Crippen molar-refractivity contribution in [2.45, 2.75) is 0 Å². The Kier molecular flexibility index (Phi) is 2.95. The summed E-state index contributed by atoms with van der Waals surface area (Å²) in [4.78, 5) is 11.0. The van der Waals surface area contributed by atoms with Gasteiger partial charge in [0.15, 0.2) is 6.19 Å². The molecule has 0 radical (unpaired) electrons. The van der Waals surface area contributed by atoms with Gasteiger partial charge >= 0.3 is 0 Å². The SMILES string of the molecule is N#CNC=Nc1cccc(-c2cnc[nH]2)c1. The molecule has 0 fully saturated rings. The zero-order chi connectivity index (χ0) is 11.2. The number of aromatic amines is 1. The van der Waals surface area contributed by atoms with Gasteiger partial charge in [-0.2, -0.15) is 5.26 Å². The average molecular weight is 211 g/mol. The van der Waals surface area contributed by atoms with Gasteiger partial charge in [0.25, 0.3) is 0 Å². The minimum Gasteiger partial charge on any atom is -0.345 e. The molecule has 0 saturated heterocycles. The summed E-state index contributed by atoms with van der Waals surface area (Å²) >= 11 is 0. The Morgan fingerprint density at radius 2 is 2.44 bits per heavy atom. The highest BCUT2D eigenvalue weighted by Gasteiger charge is 1.98. The fraction of sp³-hybridized carbons (Fsp3) is 0. The summed E-state index contributed by atoms with van der Waals surface area (Å²) in [5.41, 5.74) is 2.71. The number of nitrogens with one attached hydrogen (secondary N) is 2. The summed E-state index contributed by atoms with van der Waals surface area (Å²) in [6.07, 6.45) is 6.49. The topological polar surface area (TPSA) is 76.9 Å². The highest BCUT2D eigenvalue weighted by molar-refractivity contribution is 5.67. The smallest absolute Gasteiger partial charge is 0.182 e. The Morgan fingerprint density at radius 3 is 3.19 bits per heavy atom. The van der Waals surface area contributed by atoms with Crippen LogP contribution >= 0.6 is 0 Å². The Labute approximate surface area is 92.5 Å². The number of hydrogen-bond acceptors (Lipinski definition) is 3. The highest BCUT2D eigenvalue weighted by Crippen LogP contribution is 2.21. The van der Waals surface area contributed by atoms with Crippen molar-refractivity contribution >= 4 is 12.0 Å². The van der Waals surface area contributed by atoms with Crippen LogP contribution in [0, 0.1) is 11.5 Å². The number of imidazole rings is 1. The number of benzene rings is 1. The molecular formula is C11H9N5. The van der Waals surface area contributed by atoms with Crippen molar-refractivity contribution in [3.8, 4) is 17.5 Å². The van der Waals surface area contributed by atoms with Gasteiger partial charge in [0, 0.05) is 5.56 Å². The predicted octanol–water partition coefficient (Wildman–Crippen LogP) is 1.81. The van der Waals surface area contributed by atoms with E-state index in [4.69, 9.17) is 5.26 Å². The minimum absolute atomic E-state index is 0.773. The van der Waals surface area contributed by atoms with Crippen molar-refractivity contribution in [1.29, 1.82) is 5.26 Å². The van der Waals surface area contributed by atoms with Gasteiger partial charge in [-0.05, 0) is 12.1 Å². The van der Waals surface area contributed by atoms with E-state index in [0.717, 1.165) is 16.9 Å². The van der Waals surface area contributed by atoms with Crippen LogP contribution < -0.4 is 5.32 Å². The Hall–Kier alpha value is -2.61. The fourth-order valence-corrected chi connectivity index (χ4v) is 1.30. The second kappa shape index (κ2) is 4.75. The van der Waals surface area contributed by atoms with Crippen LogP contribution in [0.15, 0.2) is 41.8 Å². The molecule has 0 spiro atoms. The Morgan fingerprint density at radius 1 is 1.50 bits per heavy atom. The van der Waals surface area contributed by atoms with E-state index in [2.05, 4.69) is 20.3 Å². The third-order valence-electron chi connectivity index (χ3n) is 2.00. The van der Waals surface area contributed by atoms with Gasteiger partial charge in [-0.1, -0.05) is 12.1 Å². The third-order valence-corrected chi connectivity index (χ3v) is 2.00. The van der Waals surface area contributed by atoms with Gasteiger partial charge in [-0.15, -0.1) is 0 Å². The lowest BCUT2D eigenvalue weighted by Gasteiger charge is -1.98. The van der Waals surface area contributed by atoms with E-state index in [1.165, 1.54) is 6.34 Å². The quantitative estimate of drug-likeness (QED) is 0.352. The molecule has 78 valence electrons. The van der Waals surface area contributed by atoms with Crippen molar-refractivity contribution in [3.05, 3.63) is 36.8 Å². The summed E-state index contributed by atoms with van der Waals surface area (Å²) in [5, 5.41) is 10.6. The number of nitriles is 1. The largest absolute Gasteiger partial charge is 0.345 e. The lowest BCUT2D eigenvalue weighted by Crippen LogP contribution is -1.98. The van der Waals surface area contributed by atoms with E-state index < -0.39 is 0 Å². The lowest BCUT2D eigenvalue weighted by molar-refractivity contribution is 1.29. The molecule has 16 heavy (non-hydrogen) atoms. The van der Waals surface area contributed by atoms with Crippen LogP contribution in [0.1, 0.15) is 0 Å². The molecular weight excluding hydrogens is 202 g/mol. The van der Waals surface area contributed by atoms with Gasteiger partial charge in [-0.25, -0.2) is 9.98 Å². The van der Waals surface area contributed by atoms with Crippen LogP contribution in [0.25, 0.3) is 11.3 Å². The summed E-state index contributed by atoms with van der Waals surface area (Å²) in [6.45, 7) is 0. The van der Waals surface area contributed by atoms with Crippen LogP contribution in [-0.2, 0) is 0 Å². The number of rotatable bonds is 3. The maximum Gasteiger partial charge on any atom is 0.182 e. The lowest BCUT2D eigenvalue weighted by atomic mass is 10.1. The van der Waals surface area contributed by atoms with Crippen LogP contribution in [0.2, 0.25) is 0 Å². The first-order valence-corrected chi connectivity index (χ1v) is 4.66. The number of aromatic nitrogens is 2. The van der Waals surface area contributed by atoms with Gasteiger partial charge < -0.3 is 4.98 Å². The molecule has 1 heterocycles. The van der Waals surface area contributed by atoms with E-state index in [-0.39, 0.29) is 0 Å². The molecule has 2 N–H and O–H groups in total. The summed E-state index contributed by atoms with van der Waals surface area (Å²) < 4.78 is 0. The first-order valence-electron chi connectivity index (χ1n) is 4.66. The van der Waals surface area contributed by atoms with Crippen molar-refractivity contribution in [2.75, 3.05) is 0 Å². The molecule has 0 aliphatic rings. The normalized spacial score (nSPS) is 10.2. The molecule has 1 aromatic carbocycles. The van der Waals surface area contributed by atoms with E-state index in [1.54, 1.807) is 18.7 Å².